The van der Waals surface area contributed by atoms with Crippen LogP contribution < -0.4 is 0 Å². The van der Waals surface area contributed by atoms with Crippen LogP contribution in [-0.2, 0) is 9.53 Å². The van der Waals surface area contributed by atoms with Gasteiger partial charge < -0.3 is 30.3 Å². The van der Waals surface area contributed by atoms with E-state index in [4.69, 9.17) is 14.9 Å². The first-order valence-corrected chi connectivity index (χ1v) is 4.49. The van der Waals surface area contributed by atoms with Crippen molar-refractivity contribution in [2.24, 2.45) is 5.92 Å². The molecule has 1 fully saturated rings. The molecule has 0 aromatic carbocycles. The number of rotatable bonds is 3. The number of aliphatic carboxylic acids is 1. The fourth-order valence-corrected chi connectivity index (χ4v) is 1.58. The van der Waals surface area contributed by atoms with Gasteiger partial charge in [-0.3, -0.25) is 4.79 Å². The Hall–Kier alpha value is -0.730. The molecule has 15 heavy (non-hydrogen) atoms. The number of hydrogen-bond donors (Lipinski definition) is 5. The van der Waals surface area contributed by atoms with E-state index in [1.807, 2.05) is 0 Å². The van der Waals surface area contributed by atoms with Gasteiger partial charge in [-0.1, -0.05) is 0 Å². The number of carboxylic acid groups (broad SMARTS) is 1. The Labute approximate surface area is 85.5 Å². The fourth-order valence-electron chi connectivity index (χ4n) is 1.58. The van der Waals surface area contributed by atoms with Crippen LogP contribution in [-0.4, -0.2) is 62.7 Å². The van der Waals surface area contributed by atoms with E-state index in [9.17, 15) is 20.1 Å². The van der Waals surface area contributed by atoms with Crippen molar-refractivity contribution in [1.82, 2.24) is 0 Å². The van der Waals surface area contributed by atoms with E-state index >= 15 is 0 Å². The van der Waals surface area contributed by atoms with E-state index in [1.165, 1.54) is 0 Å². The van der Waals surface area contributed by atoms with Crippen LogP contribution in [0.4, 0.5) is 0 Å². The van der Waals surface area contributed by atoms with E-state index in [2.05, 4.69) is 0 Å². The highest BCUT2D eigenvalue weighted by molar-refractivity contribution is 5.67. The molecule has 7 nitrogen and oxygen atoms in total. The summed E-state index contributed by atoms with van der Waals surface area (Å²) in [6.45, 7) is -0.560. The molecule has 0 radical (unpaired) electrons. The van der Waals surface area contributed by atoms with Crippen molar-refractivity contribution in [2.45, 2.75) is 31.0 Å². The Bertz CT molecular complexity index is 231. The molecule has 1 rings (SSSR count). The van der Waals surface area contributed by atoms with Gasteiger partial charge in [0.2, 0.25) is 0 Å². The summed E-state index contributed by atoms with van der Waals surface area (Å²) in [5, 5.41) is 45.5. The summed E-state index contributed by atoms with van der Waals surface area (Å²) < 4.78 is 4.76. The van der Waals surface area contributed by atoms with E-state index in [0.29, 0.717) is 0 Å². The van der Waals surface area contributed by atoms with Crippen LogP contribution in [0.2, 0.25) is 0 Å². The van der Waals surface area contributed by atoms with E-state index < -0.39 is 49.5 Å². The monoisotopic (exact) mass is 222 g/mol. The summed E-state index contributed by atoms with van der Waals surface area (Å²) in [6.07, 6.45) is -5.95. The van der Waals surface area contributed by atoms with Crippen LogP contribution >= 0.6 is 0 Å². The first kappa shape index (κ1) is 12.3. The third-order valence-corrected chi connectivity index (χ3v) is 2.44. The lowest BCUT2D eigenvalue weighted by atomic mass is 9.88. The molecule has 5 atom stereocenters. The van der Waals surface area contributed by atoms with Gasteiger partial charge in [0.15, 0.2) is 6.29 Å². The largest absolute Gasteiger partial charge is 0.481 e. The molecule has 0 saturated carbocycles. The summed E-state index contributed by atoms with van der Waals surface area (Å²) in [6, 6.07) is 0. The first-order valence-electron chi connectivity index (χ1n) is 4.49. The maximum atomic E-state index is 10.4. The molecule has 5 N–H and O–H groups in total. The standard InChI is InChI=1S/C8H14O7/c9-2-4-7(13)6(12)3(1-5(10)11)8(14)15-4/h3-4,6-9,12-14H,1-2H2,(H,10,11)/t3-,4-,6-,7-,8+/m1/s1. The van der Waals surface area contributed by atoms with Gasteiger partial charge in [0.05, 0.1) is 19.1 Å². The highest BCUT2D eigenvalue weighted by atomic mass is 16.6. The van der Waals surface area contributed by atoms with Crippen molar-refractivity contribution >= 4 is 5.97 Å². The molecule has 1 saturated heterocycles. The second kappa shape index (κ2) is 4.86. The fraction of sp³-hybridized carbons (Fsp3) is 0.875. The number of aliphatic hydroxyl groups is 4. The highest BCUT2D eigenvalue weighted by Gasteiger charge is 2.44. The molecule has 1 aliphatic heterocycles. The highest BCUT2D eigenvalue weighted by Crippen LogP contribution is 2.27. The topological polar surface area (TPSA) is 127 Å². The van der Waals surface area contributed by atoms with Crippen molar-refractivity contribution in [3.63, 3.8) is 0 Å². The minimum atomic E-state index is -1.50. The molecule has 0 aromatic heterocycles. The zero-order valence-electron chi connectivity index (χ0n) is 7.85. The van der Waals surface area contributed by atoms with Crippen molar-refractivity contribution in [1.29, 1.82) is 0 Å². The van der Waals surface area contributed by atoms with Crippen molar-refractivity contribution in [3.05, 3.63) is 0 Å². The van der Waals surface area contributed by atoms with Gasteiger partial charge in [-0.2, -0.15) is 0 Å². The third kappa shape index (κ3) is 2.64. The van der Waals surface area contributed by atoms with Gasteiger partial charge in [-0.15, -0.1) is 0 Å². The molecule has 1 aliphatic rings. The lowest BCUT2D eigenvalue weighted by Crippen LogP contribution is -2.56. The lowest BCUT2D eigenvalue weighted by molar-refractivity contribution is -0.270. The average Bonchev–Trinajstić information content (AvgIpc) is 2.18. The van der Waals surface area contributed by atoms with Gasteiger partial charge in [0, 0.05) is 5.92 Å². The predicted molar refractivity (Wildman–Crippen MR) is 45.7 cm³/mol. The number of hydrogen-bond acceptors (Lipinski definition) is 6. The smallest absolute Gasteiger partial charge is 0.303 e. The molecule has 7 heteroatoms. The van der Waals surface area contributed by atoms with Crippen LogP contribution in [0.1, 0.15) is 6.42 Å². The Balaban J connectivity index is 2.70. The molecule has 0 amide bonds. The minimum Gasteiger partial charge on any atom is -0.481 e. The molecular weight excluding hydrogens is 208 g/mol. The van der Waals surface area contributed by atoms with Crippen LogP contribution in [0.3, 0.4) is 0 Å². The van der Waals surface area contributed by atoms with Crippen molar-refractivity contribution < 1.29 is 35.1 Å². The Kier molecular flexibility index (Phi) is 4.00. The molecule has 0 unspecified atom stereocenters. The van der Waals surface area contributed by atoms with Gasteiger partial charge >= 0.3 is 5.97 Å². The first-order chi connectivity index (χ1) is 6.97. The maximum Gasteiger partial charge on any atom is 0.303 e. The van der Waals surface area contributed by atoms with Gasteiger partial charge in [0.25, 0.3) is 0 Å². The molecule has 0 aliphatic carbocycles. The maximum absolute atomic E-state index is 10.4. The van der Waals surface area contributed by atoms with E-state index in [0.717, 1.165) is 0 Å². The summed E-state index contributed by atoms with van der Waals surface area (Å²) in [4.78, 5) is 10.4. The normalized spacial score (nSPS) is 41.5. The van der Waals surface area contributed by atoms with Gasteiger partial charge in [-0.05, 0) is 0 Å². The molecule has 0 spiro atoms. The van der Waals surface area contributed by atoms with E-state index in [1.54, 1.807) is 0 Å². The SMILES string of the molecule is O=C(O)C[C@@H]1[C@@H](O)[C@H](O)[C@@H](CO)O[C@@H]1O. The van der Waals surface area contributed by atoms with Crippen LogP contribution in [0.5, 0.6) is 0 Å². The quantitative estimate of drug-likeness (QED) is 0.357. The number of carboxylic acids is 1. The average molecular weight is 222 g/mol. The second-order valence-corrected chi connectivity index (χ2v) is 3.49. The van der Waals surface area contributed by atoms with Crippen LogP contribution in [0.25, 0.3) is 0 Å². The molecule has 0 aromatic rings. The second-order valence-electron chi connectivity index (χ2n) is 3.49. The Morgan fingerprint density at radius 2 is 1.80 bits per heavy atom. The van der Waals surface area contributed by atoms with Crippen LogP contribution in [0.15, 0.2) is 0 Å². The van der Waals surface area contributed by atoms with E-state index in [-0.39, 0.29) is 0 Å². The zero-order valence-corrected chi connectivity index (χ0v) is 7.85. The Morgan fingerprint density at radius 3 is 2.27 bits per heavy atom. The summed E-state index contributed by atoms with van der Waals surface area (Å²) >= 11 is 0. The summed E-state index contributed by atoms with van der Waals surface area (Å²) in [5.74, 6) is -2.31. The number of carbonyl (C=O) groups is 1. The summed E-state index contributed by atoms with van der Waals surface area (Å²) in [7, 11) is 0. The molecular formula is C8H14O7. The van der Waals surface area contributed by atoms with Gasteiger partial charge in [0.1, 0.15) is 12.2 Å². The molecule has 88 valence electrons. The van der Waals surface area contributed by atoms with Crippen LogP contribution in [0, 0.1) is 5.92 Å². The Morgan fingerprint density at radius 1 is 1.20 bits per heavy atom. The zero-order chi connectivity index (χ0) is 11.6. The molecule has 1 heterocycles. The van der Waals surface area contributed by atoms with Crippen molar-refractivity contribution in [2.75, 3.05) is 6.61 Å². The third-order valence-electron chi connectivity index (χ3n) is 2.44. The van der Waals surface area contributed by atoms with Gasteiger partial charge in [-0.25, -0.2) is 0 Å². The number of ether oxygens (including phenoxy) is 1. The van der Waals surface area contributed by atoms with Crippen molar-refractivity contribution in [3.8, 4) is 0 Å². The lowest BCUT2D eigenvalue weighted by Gasteiger charge is -2.39. The predicted octanol–water partition coefficient (Wildman–Crippen LogP) is -2.49. The molecule has 0 bridgehead atoms. The minimum absolute atomic E-state index is 0.516. The number of aliphatic hydroxyl groups excluding tert-OH is 4. The summed E-state index contributed by atoms with van der Waals surface area (Å²) in [5.41, 5.74) is 0.